The standard InChI is InChI=1S/C14H26O5Si/c1-14(2,3)20(4,5)18-9-11-10(8-12(15)19-11)13-16-6-7-17-13/h10-11,13H,6-9H2,1-5H3. The summed E-state index contributed by atoms with van der Waals surface area (Å²) in [5.74, 6) is -0.229. The van der Waals surface area contributed by atoms with Crippen molar-refractivity contribution in [2.75, 3.05) is 19.8 Å². The van der Waals surface area contributed by atoms with Crippen LogP contribution in [-0.4, -0.2) is 46.5 Å². The highest BCUT2D eigenvalue weighted by molar-refractivity contribution is 6.74. The van der Waals surface area contributed by atoms with Crippen molar-refractivity contribution >= 4 is 14.3 Å². The predicted molar refractivity (Wildman–Crippen MR) is 76.8 cm³/mol. The van der Waals surface area contributed by atoms with Crippen molar-refractivity contribution in [3.8, 4) is 0 Å². The van der Waals surface area contributed by atoms with Crippen molar-refractivity contribution in [1.82, 2.24) is 0 Å². The van der Waals surface area contributed by atoms with Crippen LogP contribution in [0.1, 0.15) is 27.2 Å². The average Bonchev–Trinajstić information content (AvgIpc) is 2.93. The van der Waals surface area contributed by atoms with Crippen LogP contribution in [0.15, 0.2) is 0 Å². The molecule has 0 saturated carbocycles. The van der Waals surface area contributed by atoms with Crippen molar-refractivity contribution in [2.24, 2.45) is 5.92 Å². The largest absolute Gasteiger partial charge is 0.459 e. The van der Waals surface area contributed by atoms with Gasteiger partial charge in [0, 0.05) is 0 Å². The third-order valence-corrected chi connectivity index (χ3v) is 9.08. The van der Waals surface area contributed by atoms with E-state index in [1.165, 1.54) is 0 Å². The normalized spacial score (nSPS) is 28.9. The molecule has 6 heteroatoms. The molecule has 0 aromatic carbocycles. The fourth-order valence-corrected chi connectivity index (χ4v) is 3.20. The molecule has 2 aliphatic heterocycles. The van der Waals surface area contributed by atoms with Crippen LogP contribution in [0.2, 0.25) is 18.1 Å². The first-order chi connectivity index (χ1) is 9.21. The summed E-state index contributed by atoms with van der Waals surface area (Å²) in [5.41, 5.74) is 0. The van der Waals surface area contributed by atoms with Gasteiger partial charge in [-0.15, -0.1) is 0 Å². The fourth-order valence-electron chi connectivity index (χ4n) is 2.19. The molecular formula is C14H26O5Si. The molecule has 2 heterocycles. The molecule has 0 radical (unpaired) electrons. The van der Waals surface area contributed by atoms with Crippen molar-refractivity contribution in [2.45, 2.75) is 57.7 Å². The van der Waals surface area contributed by atoms with Crippen molar-refractivity contribution < 1.29 is 23.4 Å². The zero-order valence-corrected chi connectivity index (χ0v) is 14.1. The summed E-state index contributed by atoms with van der Waals surface area (Å²) >= 11 is 0. The van der Waals surface area contributed by atoms with Crippen molar-refractivity contribution in [3.05, 3.63) is 0 Å². The zero-order chi connectivity index (χ0) is 15.0. The van der Waals surface area contributed by atoms with Gasteiger partial charge in [0.15, 0.2) is 14.6 Å². The number of carbonyl (C=O) groups excluding carboxylic acids is 1. The first kappa shape index (κ1) is 15.9. The number of ether oxygens (including phenoxy) is 3. The second-order valence-electron chi connectivity index (χ2n) is 7.08. The number of cyclic esters (lactones) is 1. The minimum Gasteiger partial charge on any atom is -0.459 e. The molecule has 0 spiro atoms. The Morgan fingerprint density at radius 3 is 2.40 bits per heavy atom. The first-order valence-corrected chi connectivity index (χ1v) is 10.2. The van der Waals surface area contributed by atoms with E-state index in [1.54, 1.807) is 0 Å². The van der Waals surface area contributed by atoms with Gasteiger partial charge in [0.05, 0.1) is 32.2 Å². The number of hydrogen-bond donors (Lipinski definition) is 0. The van der Waals surface area contributed by atoms with E-state index in [-0.39, 0.29) is 29.3 Å². The van der Waals surface area contributed by atoms with Gasteiger partial charge >= 0.3 is 5.97 Å². The summed E-state index contributed by atoms with van der Waals surface area (Å²) in [6, 6.07) is 0. The minimum absolute atomic E-state index is 0.0465. The monoisotopic (exact) mass is 302 g/mol. The SMILES string of the molecule is CC(C)(C)[Si](C)(C)OCC1OC(=O)CC1C1OCCO1. The Balaban J connectivity index is 1.95. The second-order valence-corrected chi connectivity index (χ2v) is 11.9. The number of esters is 1. The van der Waals surface area contributed by atoms with Crippen molar-refractivity contribution in [3.63, 3.8) is 0 Å². The number of carbonyl (C=O) groups is 1. The van der Waals surface area contributed by atoms with Crippen LogP contribution in [0, 0.1) is 5.92 Å². The molecule has 0 aliphatic carbocycles. The van der Waals surface area contributed by atoms with Crippen LogP contribution in [0.5, 0.6) is 0 Å². The molecule has 2 atom stereocenters. The van der Waals surface area contributed by atoms with Gasteiger partial charge in [-0.25, -0.2) is 0 Å². The summed E-state index contributed by atoms with van der Waals surface area (Å²) in [6.07, 6.45) is -0.217. The molecule has 2 unspecified atom stereocenters. The van der Waals surface area contributed by atoms with Gasteiger partial charge in [-0.3, -0.25) is 4.79 Å². The molecule has 116 valence electrons. The molecule has 0 aromatic rings. The highest BCUT2D eigenvalue weighted by atomic mass is 28.4. The van der Waals surface area contributed by atoms with E-state index in [0.717, 1.165) is 0 Å². The molecule has 20 heavy (non-hydrogen) atoms. The van der Waals surface area contributed by atoms with Crippen LogP contribution in [0.25, 0.3) is 0 Å². The van der Waals surface area contributed by atoms with Crippen LogP contribution in [0.3, 0.4) is 0 Å². The Bertz CT molecular complexity index is 357. The molecule has 5 nitrogen and oxygen atoms in total. The minimum atomic E-state index is -1.84. The summed E-state index contributed by atoms with van der Waals surface area (Å²) in [5, 5.41) is 0.144. The summed E-state index contributed by atoms with van der Waals surface area (Å²) in [4.78, 5) is 11.6. The summed E-state index contributed by atoms with van der Waals surface area (Å²) in [6.45, 7) is 12.6. The van der Waals surface area contributed by atoms with Gasteiger partial charge < -0.3 is 18.6 Å². The van der Waals surface area contributed by atoms with E-state index in [1.807, 2.05) is 0 Å². The van der Waals surface area contributed by atoms with E-state index >= 15 is 0 Å². The van der Waals surface area contributed by atoms with Gasteiger partial charge in [-0.05, 0) is 18.1 Å². The fraction of sp³-hybridized carbons (Fsp3) is 0.929. The Hall–Kier alpha value is -0.433. The van der Waals surface area contributed by atoms with E-state index in [9.17, 15) is 4.79 Å². The van der Waals surface area contributed by atoms with Gasteiger partial charge in [0.2, 0.25) is 0 Å². The lowest BCUT2D eigenvalue weighted by Crippen LogP contribution is -2.44. The molecule has 0 amide bonds. The quantitative estimate of drug-likeness (QED) is 0.589. The van der Waals surface area contributed by atoms with Crippen LogP contribution >= 0.6 is 0 Å². The second kappa shape index (κ2) is 5.75. The van der Waals surface area contributed by atoms with Crippen molar-refractivity contribution in [1.29, 1.82) is 0 Å². The Morgan fingerprint density at radius 1 is 1.25 bits per heavy atom. The smallest absolute Gasteiger partial charge is 0.306 e. The zero-order valence-electron chi connectivity index (χ0n) is 13.1. The van der Waals surface area contributed by atoms with Gasteiger partial charge in [-0.1, -0.05) is 20.8 Å². The molecule has 0 N–H and O–H groups in total. The van der Waals surface area contributed by atoms with Gasteiger partial charge in [0.25, 0.3) is 0 Å². The van der Waals surface area contributed by atoms with E-state index in [2.05, 4.69) is 33.9 Å². The molecule has 0 aromatic heterocycles. The number of rotatable bonds is 4. The predicted octanol–water partition coefficient (Wildman–Crippen LogP) is 2.31. The third kappa shape index (κ3) is 3.42. The molecule has 0 bridgehead atoms. The maximum absolute atomic E-state index is 11.6. The number of hydrogen-bond acceptors (Lipinski definition) is 5. The highest BCUT2D eigenvalue weighted by Crippen LogP contribution is 2.38. The molecule has 2 saturated heterocycles. The molecule has 2 aliphatic rings. The Labute approximate surface area is 122 Å². The van der Waals surface area contributed by atoms with Gasteiger partial charge in [0.1, 0.15) is 6.10 Å². The van der Waals surface area contributed by atoms with Crippen LogP contribution < -0.4 is 0 Å². The van der Waals surface area contributed by atoms with E-state index in [4.69, 9.17) is 18.6 Å². The topological polar surface area (TPSA) is 54.0 Å². The Kier molecular flexibility index (Phi) is 4.58. The van der Waals surface area contributed by atoms with E-state index < -0.39 is 8.32 Å². The van der Waals surface area contributed by atoms with Gasteiger partial charge in [-0.2, -0.15) is 0 Å². The third-order valence-electron chi connectivity index (χ3n) is 4.57. The lowest BCUT2D eigenvalue weighted by Gasteiger charge is -2.37. The summed E-state index contributed by atoms with van der Waals surface area (Å²) in [7, 11) is -1.84. The molecule has 2 fully saturated rings. The maximum Gasteiger partial charge on any atom is 0.306 e. The first-order valence-electron chi connectivity index (χ1n) is 7.27. The summed E-state index contributed by atoms with van der Waals surface area (Å²) < 4.78 is 22.6. The average molecular weight is 302 g/mol. The molecule has 2 rings (SSSR count). The highest BCUT2D eigenvalue weighted by Gasteiger charge is 2.45. The van der Waals surface area contributed by atoms with E-state index in [0.29, 0.717) is 26.2 Å². The lowest BCUT2D eigenvalue weighted by atomic mass is 10.0. The maximum atomic E-state index is 11.6. The molecular weight excluding hydrogens is 276 g/mol. The van der Waals surface area contributed by atoms with Crippen LogP contribution in [-0.2, 0) is 23.4 Å². The van der Waals surface area contributed by atoms with Crippen LogP contribution in [0.4, 0.5) is 0 Å². The Morgan fingerprint density at radius 2 is 1.85 bits per heavy atom. The lowest BCUT2D eigenvalue weighted by molar-refractivity contribution is -0.144.